The van der Waals surface area contributed by atoms with E-state index in [1.165, 1.54) is 31.2 Å². The van der Waals surface area contributed by atoms with Crippen LogP contribution < -0.4 is 10.6 Å². The van der Waals surface area contributed by atoms with Gasteiger partial charge in [0.25, 0.3) is 11.8 Å². The van der Waals surface area contributed by atoms with Gasteiger partial charge in [0, 0.05) is 23.4 Å². The van der Waals surface area contributed by atoms with Gasteiger partial charge in [-0.05, 0) is 44.5 Å². The van der Waals surface area contributed by atoms with E-state index in [2.05, 4.69) is 10.6 Å². The van der Waals surface area contributed by atoms with Gasteiger partial charge in [-0.15, -0.1) is 0 Å². The lowest BCUT2D eigenvalue weighted by Crippen LogP contribution is -2.45. The Labute approximate surface area is 163 Å². The van der Waals surface area contributed by atoms with Gasteiger partial charge >= 0.3 is 5.97 Å². The number of carbonyl (C=O) groups excluding carboxylic acids is 3. The van der Waals surface area contributed by atoms with Crippen molar-refractivity contribution in [3.63, 3.8) is 0 Å². The first-order chi connectivity index (χ1) is 12.5. The molecule has 2 amide bonds. The molecule has 0 fully saturated rings. The predicted molar refractivity (Wildman–Crippen MR) is 101 cm³/mol. The van der Waals surface area contributed by atoms with Crippen LogP contribution in [0.2, 0.25) is 5.02 Å². The summed E-state index contributed by atoms with van der Waals surface area (Å²) in [5, 5.41) is 5.39. The van der Waals surface area contributed by atoms with Gasteiger partial charge in [-0.25, -0.2) is 13.2 Å². The van der Waals surface area contributed by atoms with Crippen LogP contribution in [0.5, 0.6) is 0 Å². The topological polar surface area (TPSA) is 119 Å². The Morgan fingerprint density at radius 3 is 2.30 bits per heavy atom. The average molecular weight is 419 g/mol. The number of benzene rings is 1. The van der Waals surface area contributed by atoms with E-state index in [4.69, 9.17) is 16.3 Å². The van der Waals surface area contributed by atoms with Crippen molar-refractivity contribution in [2.24, 2.45) is 0 Å². The van der Waals surface area contributed by atoms with Crippen LogP contribution in [0.15, 0.2) is 24.3 Å². The second-order valence-electron chi connectivity index (χ2n) is 5.93. The smallest absolute Gasteiger partial charge is 0.329 e. The molecule has 1 rings (SSSR count). The normalized spacial score (nSPS) is 13.3. The highest BCUT2D eigenvalue weighted by atomic mass is 35.5. The average Bonchev–Trinajstić information content (AvgIpc) is 2.58. The van der Waals surface area contributed by atoms with E-state index in [0.717, 1.165) is 6.26 Å². The number of amides is 2. The fourth-order valence-corrected chi connectivity index (χ4v) is 2.84. The van der Waals surface area contributed by atoms with Crippen LogP contribution in [0.3, 0.4) is 0 Å². The summed E-state index contributed by atoms with van der Waals surface area (Å²) in [6, 6.07) is 4.73. The van der Waals surface area contributed by atoms with Crippen LogP contribution in [0.4, 0.5) is 0 Å². The van der Waals surface area contributed by atoms with Gasteiger partial charge in [-0.3, -0.25) is 9.59 Å². The molecule has 0 aliphatic heterocycles. The van der Waals surface area contributed by atoms with Crippen LogP contribution in [0, 0.1) is 0 Å². The molecule has 0 unspecified atom stereocenters. The maximum absolute atomic E-state index is 12.4. The highest BCUT2D eigenvalue weighted by molar-refractivity contribution is 7.90. The molecule has 10 heteroatoms. The molecule has 0 radical (unpaired) electrons. The quantitative estimate of drug-likeness (QED) is 0.576. The number of sulfone groups is 1. The number of likely N-dealkylation sites (N-methyl/N-ethyl adjacent to an activating group) is 1. The maximum atomic E-state index is 12.4. The second-order valence-corrected chi connectivity index (χ2v) is 8.62. The molecular weight excluding hydrogens is 396 g/mol. The van der Waals surface area contributed by atoms with E-state index in [0.29, 0.717) is 11.6 Å². The zero-order valence-corrected chi connectivity index (χ0v) is 16.9. The molecule has 8 nitrogen and oxygen atoms in total. The van der Waals surface area contributed by atoms with E-state index in [-0.39, 0.29) is 17.7 Å². The molecule has 0 aliphatic rings. The van der Waals surface area contributed by atoms with E-state index in [9.17, 15) is 22.8 Å². The molecule has 27 heavy (non-hydrogen) atoms. The summed E-state index contributed by atoms with van der Waals surface area (Å²) in [7, 11) is -3.37. The van der Waals surface area contributed by atoms with Crippen molar-refractivity contribution in [2.75, 3.05) is 18.6 Å². The molecule has 0 spiro atoms. The zero-order chi connectivity index (χ0) is 20.6. The van der Waals surface area contributed by atoms with Gasteiger partial charge < -0.3 is 15.4 Å². The van der Waals surface area contributed by atoms with Crippen molar-refractivity contribution in [1.82, 2.24) is 10.6 Å². The molecular formula is C17H23ClN2O6S. The number of esters is 1. The summed E-state index contributed by atoms with van der Waals surface area (Å²) in [6.45, 7) is 3.47. The van der Waals surface area contributed by atoms with Crippen LogP contribution in [-0.4, -0.2) is 56.9 Å². The Bertz CT molecular complexity index is 779. The molecule has 2 atom stereocenters. The van der Waals surface area contributed by atoms with Crippen LogP contribution in [-0.2, 0) is 24.2 Å². The molecule has 0 saturated heterocycles. The van der Waals surface area contributed by atoms with Crippen LogP contribution in [0.25, 0.3) is 0 Å². The third kappa shape index (κ3) is 8.40. The van der Waals surface area contributed by atoms with Gasteiger partial charge in [-0.2, -0.15) is 0 Å². The van der Waals surface area contributed by atoms with E-state index in [1.807, 2.05) is 0 Å². The molecule has 2 N–H and O–H groups in total. The zero-order valence-electron chi connectivity index (χ0n) is 15.3. The molecule has 1 aromatic carbocycles. The number of nitrogens with one attached hydrogen (secondary N) is 2. The first-order valence-electron chi connectivity index (χ1n) is 8.26. The van der Waals surface area contributed by atoms with Crippen molar-refractivity contribution in [2.45, 2.75) is 32.4 Å². The van der Waals surface area contributed by atoms with Gasteiger partial charge in [0.15, 0.2) is 6.10 Å². The Hall–Kier alpha value is -2.13. The standard InChI is InChI=1S/C17H23ClN2O6S/c1-4-19-15(21)11(2)26-17(23)14(9-10-27(3,24)25)20-16(22)12-5-7-13(18)8-6-12/h5-8,11,14H,4,9-10H2,1-3H3,(H,19,21)(H,20,22)/t11-,14+/m1/s1. The summed E-state index contributed by atoms with van der Waals surface area (Å²) in [5.74, 6) is -2.30. The van der Waals surface area contributed by atoms with Crippen molar-refractivity contribution in [3.05, 3.63) is 34.9 Å². The van der Waals surface area contributed by atoms with Crippen molar-refractivity contribution in [1.29, 1.82) is 0 Å². The first-order valence-corrected chi connectivity index (χ1v) is 10.7. The van der Waals surface area contributed by atoms with Crippen LogP contribution >= 0.6 is 11.6 Å². The molecule has 0 saturated carbocycles. The summed E-state index contributed by atoms with van der Waals surface area (Å²) in [6.07, 6.45) is -0.238. The third-order valence-corrected chi connectivity index (χ3v) is 4.72. The number of carbonyl (C=O) groups is 3. The minimum absolute atomic E-state index is 0.181. The Morgan fingerprint density at radius 2 is 1.78 bits per heavy atom. The fourth-order valence-electron chi connectivity index (χ4n) is 2.05. The number of ether oxygens (including phenoxy) is 1. The summed E-state index contributed by atoms with van der Waals surface area (Å²) in [4.78, 5) is 36.4. The summed E-state index contributed by atoms with van der Waals surface area (Å²) in [5.41, 5.74) is 0.244. The Morgan fingerprint density at radius 1 is 1.19 bits per heavy atom. The van der Waals surface area contributed by atoms with E-state index in [1.54, 1.807) is 6.92 Å². The maximum Gasteiger partial charge on any atom is 0.329 e. The number of hydrogen-bond donors (Lipinski definition) is 2. The first kappa shape index (κ1) is 22.9. The Kier molecular flexibility index (Phi) is 8.71. The monoisotopic (exact) mass is 418 g/mol. The minimum atomic E-state index is -3.37. The van der Waals surface area contributed by atoms with Gasteiger partial charge in [0.2, 0.25) is 0 Å². The molecule has 0 heterocycles. The lowest BCUT2D eigenvalue weighted by molar-refractivity contribution is -0.156. The van der Waals surface area contributed by atoms with Crippen LogP contribution in [0.1, 0.15) is 30.6 Å². The number of halogens is 1. The van der Waals surface area contributed by atoms with E-state index >= 15 is 0 Å². The van der Waals surface area contributed by atoms with Crippen molar-refractivity contribution >= 4 is 39.2 Å². The highest BCUT2D eigenvalue weighted by Gasteiger charge is 2.27. The molecule has 0 aromatic heterocycles. The molecule has 0 aliphatic carbocycles. The third-order valence-electron chi connectivity index (χ3n) is 3.49. The number of hydrogen-bond acceptors (Lipinski definition) is 6. The van der Waals surface area contributed by atoms with Gasteiger partial charge in [0.05, 0.1) is 5.75 Å². The minimum Gasteiger partial charge on any atom is -0.451 e. The van der Waals surface area contributed by atoms with E-state index < -0.39 is 39.8 Å². The number of rotatable bonds is 9. The molecule has 0 bridgehead atoms. The van der Waals surface area contributed by atoms with Gasteiger partial charge in [-0.1, -0.05) is 11.6 Å². The largest absolute Gasteiger partial charge is 0.451 e. The SMILES string of the molecule is CCNC(=O)[C@@H](C)OC(=O)[C@H](CCS(C)(=O)=O)NC(=O)c1ccc(Cl)cc1. The highest BCUT2D eigenvalue weighted by Crippen LogP contribution is 2.10. The second kappa shape index (κ2) is 10.3. The Balaban J connectivity index is 2.88. The predicted octanol–water partition coefficient (Wildman–Crippen LogP) is 0.941. The summed E-state index contributed by atoms with van der Waals surface area (Å²) >= 11 is 5.77. The van der Waals surface area contributed by atoms with Crippen molar-refractivity contribution < 1.29 is 27.5 Å². The molecule has 150 valence electrons. The van der Waals surface area contributed by atoms with Crippen molar-refractivity contribution in [3.8, 4) is 0 Å². The lowest BCUT2D eigenvalue weighted by atomic mass is 10.1. The molecule has 1 aromatic rings. The fraction of sp³-hybridized carbons (Fsp3) is 0.471. The van der Waals surface area contributed by atoms with Gasteiger partial charge in [0.1, 0.15) is 15.9 Å². The summed E-state index contributed by atoms with van der Waals surface area (Å²) < 4.78 is 27.9. The lowest BCUT2D eigenvalue weighted by Gasteiger charge is -2.20.